The molecule has 0 radical (unpaired) electrons. The van der Waals surface area contributed by atoms with Crippen LogP contribution in [0.1, 0.15) is 30.9 Å². The average molecular weight is 349 g/mol. The van der Waals surface area contributed by atoms with Crippen LogP contribution in [-0.4, -0.2) is 46.4 Å². The second kappa shape index (κ2) is 8.77. The number of pyridine rings is 1. The first-order valence-corrected chi connectivity index (χ1v) is 9.26. The summed E-state index contributed by atoms with van der Waals surface area (Å²) in [5.41, 5.74) is 2.34. The van der Waals surface area contributed by atoms with Gasteiger partial charge in [-0.1, -0.05) is 30.3 Å². The molecule has 1 fully saturated rings. The summed E-state index contributed by atoms with van der Waals surface area (Å²) in [5.74, 6) is 0.0653. The molecule has 26 heavy (non-hydrogen) atoms. The van der Waals surface area contributed by atoms with Crippen LogP contribution in [-0.2, 0) is 11.3 Å². The summed E-state index contributed by atoms with van der Waals surface area (Å²) in [6, 6.07) is 15.2. The Hall–Kier alpha value is -2.46. The number of piperidine rings is 1. The molecule has 0 saturated carbocycles. The van der Waals surface area contributed by atoms with Gasteiger partial charge in [0.05, 0.1) is 0 Å². The third-order valence-corrected chi connectivity index (χ3v) is 5.23. The molecule has 1 amide bonds. The van der Waals surface area contributed by atoms with Gasteiger partial charge in [0.1, 0.15) is 0 Å². The number of likely N-dealkylation sites (tertiary alicyclic amines) is 1. The topological polar surface area (TPSA) is 36.4 Å². The van der Waals surface area contributed by atoms with Crippen molar-refractivity contribution >= 4 is 12.0 Å². The number of nitrogens with zero attached hydrogens (tertiary/aromatic N) is 3. The molecule has 136 valence electrons. The van der Waals surface area contributed by atoms with Crippen molar-refractivity contribution in [3.8, 4) is 0 Å². The second-order valence-corrected chi connectivity index (χ2v) is 7.05. The van der Waals surface area contributed by atoms with Crippen LogP contribution in [0.3, 0.4) is 0 Å². The van der Waals surface area contributed by atoms with E-state index >= 15 is 0 Å². The Bertz CT molecular complexity index is 730. The zero-order valence-electron chi connectivity index (χ0n) is 15.6. The van der Waals surface area contributed by atoms with Crippen molar-refractivity contribution in [3.63, 3.8) is 0 Å². The number of hydrogen-bond acceptors (Lipinski definition) is 3. The smallest absolute Gasteiger partial charge is 0.246 e. The van der Waals surface area contributed by atoms with Crippen LogP contribution >= 0.6 is 0 Å². The van der Waals surface area contributed by atoms with Crippen molar-refractivity contribution < 1.29 is 4.79 Å². The Morgan fingerprint density at radius 1 is 1.23 bits per heavy atom. The molecule has 4 nitrogen and oxygen atoms in total. The number of likely N-dealkylation sites (N-methyl/N-ethyl adjacent to an activating group) is 1. The molecule has 3 rings (SSSR count). The highest BCUT2D eigenvalue weighted by molar-refractivity contribution is 5.91. The Balaban J connectivity index is 1.54. The maximum absolute atomic E-state index is 12.5. The number of benzene rings is 1. The first-order chi connectivity index (χ1) is 12.6. The van der Waals surface area contributed by atoms with E-state index < -0.39 is 0 Å². The summed E-state index contributed by atoms with van der Waals surface area (Å²) in [6.45, 7) is 4.26. The van der Waals surface area contributed by atoms with Gasteiger partial charge in [-0.05, 0) is 49.1 Å². The summed E-state index contributed by atoms with van der Waals surface area (Å²) >= 11 is 0. The molecule has 2 heterocycles. The largest absolute Gasteiger partial charge is 0.339 e. The van der Waals surface area contributed by atoms with Crippen LogP contribution < -0.4 is 0 Å². The Morgan fingerprint density at radius 2 is 1.96 bits per heavy atom. The third-order valence-electron chi connectivity index (χ3n) is 5.23. The Kier molecular flexibility index (Phi) is 6.18. The molecular weight excluding hydrogens is 322 g/mol. The molecule has 0 spiro atoms. The van der Waals surface area contributed by atoms with Gasteiger partial charge in [0.2, 0.25) is 5.91 Å². The minimum atomic E-state index is 0.0653. The zero-order valence-corrected chi connectivity index (χ0v) is 15.6. The highest BCUT2D eigenvalue weighted by atomic mass is 16.2. The quantitative estimate of drug-likeness (QED) is 0.774. The van der Waals surface area contributed by atoms with Crippen LogP contribution in [0.2, 0.25) is 0 Å². The molecule has 1 aliphatic rings. The normalized spacial score (nSPS) is 21.0. The Labute approximate surface area is 156 Å². The van der Waals surface area contributed by atoms with Gasteiger partial charge in [0, 0.05) is 50.7 Å². The van der Waals surface area contributed by atoms with E-state index in [0.29, 0.717) is 12.1 Å². The number of aromatic nitrogens is 1. The SMILES string of the molecule is C[C@@H]1C[C@@H](N(C)C(=O)/C=C\c2ccncc2)CCN1Cc1ccccc1. The van der Waals surface area contributed by atoms with Gasteiger partial charge >= 0.3 is 0 Å². The standard InChI is InChI=1S/C22H27N3O/c1-18-16-21(12-15-25(18)17-20-6-4-3-5-7-20)24(2)22(26)9-8-19-10-13-23-14-11-19/h3-11,13-14,18,21H,12,15-17H2,1-2H3/b9-8-/t18-,21+/m1/s1. The summed E-state index contributed by atoms with van der Waals surface area (Å²) < 4.78 is 0. The van der Waals surface area contributed by atoms with E-state index in [4.69, 9.17) is 0 Å². The molecule has 1 aromatic heterocycles. The van der Waals surface area contributed by atoms with Gasteiger partial charge in [0.25, 0.3) is 0 Å². The van der Waals surface area contributed by atoms with Crippen molar-refractivity contribution in [1.82, 2.24) is 14.8 Å². The number of amides is 1. The molecule has 0 unspecified atom stereocenters. The number of carbonyl (C=O) groups is 1. The van der Waals surface area contributed by atoms with Crippen molar-refractivity contribution in [2.75, 3.05) is 13.6 Å². The van der Waals surface area contributed by atoms with Crippen LogP contribution in [0.15, 0.2) is 60.9 Å². The fourth-order valence-electron chi connectivity index (χ4n) is 3.54. The van der Waals surface area contributed by atoms with E-state index in [1.54, 1.807) is 18.5 Å². The molecule has 2 atom stereocenters. The lowest BCUT2D eigenvalue weighted by atomic mass is 9.96. The lowest BCUT2D eigenvalue weighted by Crippen LogP contribution is -2.48. The highest BCUT2D eigenvalue weighted by Gasteiger charge is 2.29. The molecular formula is C22H27N3O. The Morgan fingerprint density at radius 3 is 2.65 bits per heavy atom. The number of rotatable bonds is 5. The fourth-order valence-corrected chi connectivity index (χ4v) is 3.54. The molecule has 0 bridgehead atoms. The summed E-state index contributed by atoms with van der Waals surface area (Å²) in [4.78, 5) is 20.9. The maximum Gasteiger partial charge on any atom is 0.246 e. The van der Waals surface area contributed by atoms with Gasteiger partial charge in [0.15, 0.2) is 0 Å². The first-order valence-electron chi connectivity index (χ1n) is 9.26. The van der Waals surface area contributed by atoms with Crippen molar-refractivity contribution in [1.29, 1.82) is 0 Å². The summed E-state index contributed by atoms with van der Waals surface area (Å²) in [6.07, 6.45) is 9.02. The van der Waals surface area contributed by atoms with Gasteiger partial charge < -0.3 is 4.90 Å². The van der Waals surface area contributed by atoms with Crippen molar-refractivity contribution in [3.05, 3.63) is 72.1 Å². The first kappa shape index (κ1) is 18.3. The van der Waals surface area contributed by atoms with Crippen molar-refractivity contribution in [2.24, 2.45) is 0 Å². The maximum atomic E-state index is 12.5. The van der Waals surface area contributed by atoms with E-state index in [1.807, 2.05) is 30.2 Å². The van der Waals surface area contributed by atoms with Crippen LogP contribution in [0, 0.1) is 0 Å². The zero-order chi connectivity index (χ0) is 18.4. The molecule has 4 heteroatoms. The van der Waals surface area contributed by atoms with Crippen LogP contribution in [0.25, 0.3) is 6.08 Å². The van der Waals surface area contributed by atoms with Gasteiger partial charge in [-0.2, -0.15) is 0 Å². The third kappa shape index (κ3) is 4.79. The van der Waals surface area contributed by atoms with Crippen molar-refractivity contribution in [2.45, 2.75) is 38.4 Å². The average Bonchev–Trinajstić information content (AvgIpc) is 2.68. The predicted octanol–water partition coefficient (Wildman–Crippen LogP) is 3.61. The van der Waals surface area contributed by atoms with Crippen LogP contribution in [0.4, 0.5) is 0 Å². The molecule has 2 aromatic rings. The number of hydrogen-bond donors (Lipinski definition) is 0. The molecule has 0 N–H and O–H groups in total. The van der Waals surface area contributed by atoms with E-state index in [9.17, 15) is 4.79 Å². The second-order valence-electron chi connectivity index (χ2n) is 7.05. The van der Waals surface area contributed by atoms with Gasteiger partial charge in [-0.15, -0.1) is 0 Å². The van der Waals surface area contributed by atoms with Crippen LogP contribution in [0.5, 0.6) is 0 Å². The lowest BCUT2D eigenvalue weighted by Gasteiger charge is -2.41. The van der Waals surface area contributed by atoms with Gasteiger partial charge in [-0.3, -0.25) is 14.7 Å². The summed E-state index contributed by atoms with van der Waals surface area (Å²) in [7, 11) is 1.92. The minimum Gasteiger partial charge on any atom is -0.339 e. The fraction of sp³-hybridized carbons (Fsp3) is 0.364. The van der Waals surface area contributed by atoms with E-state index in [-0.39, 0.29) is 5.91 Å². The van der Waals surface area contributed by atoms with E-state index in [0.717, 1.165) is 31.5 Å². The van der Waals surface area contributed by atoms with E-state index in [1.165, 1.54) is 5.56 Å². The molecule has 1 saturated heterocycles. The minimum absolute atomic E-state index is 0.0653. The predicted molar refractivity (Wildman–Crippen MR) is 105 cm³/mol. The lowest BCUT2D eigenvalue weighted by molar-refractivity contribution is -0.128. The monoisotopic (exact) mass is 349 g/mol. The highest BCUT2D eigenvalue weighted by Crippen LogP contribution is 2.23. The molecule has 1 aliphatic heterocycles. The molecule has 0 aliphatic carbocycles. The number of carbonyl (C=O) groups excluding carboxylic acids is 1. The van der Waals surface area contributed by atoms with E-state index in [2.05, 4.69) is 47.1 Å². The van der Waals surface area contributed by atoms with Gasteiger partial charge in [-0.25, -0.2) is 0 Å². The molecule has 1 aromatic carbocycles. The summed E-state index contributed by atoms with van der Waals surface area (Å²) in [5, 5.41) is 0.